The van der Waals surface area contributed by atoms with Crippen molar-refractivity contribution in [3.05, 3.63) is 75.5 Å². The Morgan fingerprint density at radius 3 is 2.50 bits per heavy atom. The molecule has 4 rings (SSSR count). The molecular formula is C31H33NO8. The topological polar surface area (TPSA) is 147 Å². The van der Waals surface area contributed by atoms with Gasteiger partial charge in [-0.1, -0.05) is 30.7 Å². The number of phenols is 1. The Bertz CT molecular complexity index is 1460. The Morgan fingerprint density at radius 2 is 1.85 bits per heavy atom. The Kier molecular flexibility index (Phi) is 7.81. The first-order valence-electron chi connectivity index (χ1n) is 13.3. The van der Waals surface area contributed by atoms with Gasteiger partial charge in [0.2, 0.25) is 11.7 Å². The fourth-order valence-corrected chi connectivity index (χ4v) is 5.31. The van der Waals surface area contributed by atoms with Crippen LogP contribution >= 0.6 is 0 Å². The van der Waals surface area contributed by atoms with Crippen molar-refractivity contribution in [2.75, 3.05) is 0 Å². The van der Waals surface area contributed by atoms with Crippen LogP contribution in [-0.4, -0.2) is 51.6 Å². The van der Waals surface area contributed by atoms with Crippen molar-refractivity contribution < 1.29 is 38.9 Å². The summed E-state index contributed by atoms with van der Waals surface area (Å²) in [6.45, 7) is 8.32. The summed E-state index contributed by atoms with van der Waals surface area (Å²) in [5, 5.41) is 24.2. The lowest BCUT2D eigenvalue weighted by Gasteiger charge is -2.33. The molecule has 2 aliphatic heterocycles. The first-order chi connectivity index (χ1) is 18.8. The van der Waals surface area contributed by atoms with Gasteiger partial charge in [-0.2, -0.15) is 0 Å². The molecule has 0 unspecified atom stereocenters. The van der Waals surface area contributed by atoms with Gasteiger partial charge in [0, 0.05) is 29.2 Å². The summed E-state index contributed by atoms with van der Waals surface area (Å²) in [5.74, 6) is -4.41. The number of amides is 1. The summed E-state index contributed by atoms with van der Waals surface area (Å²) < 4.78 is 5.79. The molecule has 1 amide bonds. The molecule has 9 nitrogen and oxygen atoms in total. The van der Waals surface area contributed by atoms with Crippen LogP contribution in [0.3, 0.4) is 0 Å². The normalized spacial score (nSPS) is 26.4. The Labute approximate surface area is 232 Å². The standard InChI is InChI=1S/C31H33NO8/c1-6-17-7-9-19(33)24-23-18(14-16(4)27(24)36)28(37)26-25(29(23)38)31(5,12-11-22(35)32-26)30(39)40-21(10-8-17)20(34)13-15(2)3/h8,10-14,17,20-21,34,36H,6-7,9H2,1-5H3,(H,32,35)/b10-8+/t17-,20+,21+,31+/m1/s1. The Balaban J connectivity index is 2.02. The largest absolute Gasteiger partial charge is 0.507 e. The fourth-order valence-electron chi connectivity index (χ4n) is 5.31. The van der Waals surface area contributed by atoms with Crippen LogP contribution in [0.5, 0.6) is 5.75 Å². The van der Waals surface area contributed by atoms with Gasteiger partial charge in [-0.25, -0.2) is 0 Å². The van der Waals surface area contributed by atoms with Crippen molar-refractivity contribution in [3.63, 3.8) is 0 Å². The number of esters is 1. The molecule has 1 aliphatic carbocycles. The lowest BCUT2D eigenvalue weighted by atomic mass is 9.71. The molecule has 2 bridgehead atoms. The molecule has 0 spiro atoms. The van der Waals surface area contributed by atoms with Gasteiger partial charge in [0.05, 0.1) is 11.3 Å². The first-order valence-corrected chi connectivity index (χ1v) is 13.3. The smallest absolute Gasteiger partial charge is 0.321 e. The number of cyclic esters (lactones) is 1. The van der Waals surface area contributed by atoms with Gasteiger partial charge in [0.15, 0.2) is 11.6 Å². The van der Waals surface area contributed by atoms with Crippen LogP contribution in [0.15, 0.2) is 53.3 Å². The minimum Gasteiger partial charge on any atom is -0.507 e. The monoisotopic (exact) mass is 547 g/mol. The minimum absolute atomic E-state index is 0.0332. The predicted octanol–water partition coefficient (Wildman–Crippen LogP) is 3.82. The summed E-state index contributed by atoms with van der Waals surface area (Å²) in [4.78, 5) is 68.0. The molecular weight excluding hydrogens is 514 g/mol. The fraction of sp³-hybridized carbons (Fsp3) is 0.387. The highest BCUT2D eigenvalue weighted by Gasteiger charge is 2.50. The van der Waals surface area contributed by atoms with E-state index in [4.69, 9.17) is 4.74 Å². The molecule has 210 valence electrons. The highest BCUT2D eigenvalue weighted by atomic mass is 16.6. The molecule has 4 atom stereocenters. The van der Waals surface area contributed by atoms with Gasteiger partial charge < -0.3 is 20.3 Å². The molecule has 0 saturated heterocycles. The predicted molar refractivity (Wildman–Crippen MR) is 146 cm³/mol. The number of nitrogens with one attached hydrogen (secondary N) is 1. The van der Waals surface area contributed by atoms with Crippen LogP contribution in [-0.2, 0) is 14.3 Å². The lowest BCUT2D eigenvalue weighted by molar-refractivity contribution is -0.157. The molecule has 9 heteroatoms. The van der Waals surface area contributed by atoms with Crippen molar-refractivity contribution in [1.82, 2.24) is 5.32 Å². The van der Waals surface area contributed by atoms with Gasteiger partial charge in [-0.05, 0) is 64.2 Å². The second-order valence-electron chi connectivity index (χ2n) is 10.9. The number of Topliss-reactive ketones (excluding diaryl/α,β-unsaturated/α-hetero) is 3. The molecule has 0 radical (unpaired) electrons. The minimum atomic E-state index is -1.95. The molecule has 1 aromatic carbocycles. The third kappa shape index (κ3) is 4.97. The van der Waals surface area contributed by atoms with E-state index in [0.29, 0.717) is 12.8 Å². The SMILES string of the molecule is CC[C@H]1/C=C/[C@@H]([C@@H](O)C=C(C)C)OC(=O)[C@@]2(C)C=CC(=O)NC3=C2C(=O)c2c(cc(C)c(O)c2C(=O)CC1)C3=O. The molecule has 0 fully saturated rings. The number of ether oxygens (including phenoxy) is 1. The average Bonchev–Trinajstić information content (AvgIpc) is 3.03. The third-order valence-corrected chi connectivity index (χ3v) is 7.63. The maximum Gasteiger partial charge on any atom is 0.321 e. The highest BCUT2D eigenvalue weighted by molar-refractivity contribution is 6.32. The summed E-state index contributed by atoms with van der Waals surface area (Å²) in [5.41, 5.74) is -2.45. The number of phenolic OH excluding ortho intramolecular Hbond substituents is 1. The highest BCUT2D eigenvalue weighted by Crippen LogP contribution is 2.44. The average molecular weight is 548 g/mol. The van der Waals surface area contributed by atoms with E-state index in [1.165, 1.54) is 32.1 Å². The number of allylic oxidation sites excluding steroid dienone is 3. The zero-order valence-electron chi connectivity index (χ0n) is 23.2. The van der Waals surface area contributed by atoms with Crippen LogP contribution in [0, 0.1) is 18.3 Å². The maximum atomic E-state index is 14.2. The maximum absolute atomic E-state index is 14.2. The van der Waals surface area contributed by atoms with E-state index < -0.39 is 58.3 Å². The van der Waals surface area contributed by atoms with Crippen LogP contribution in [0.25, 0.3) is 0 Å². The number of carbonyl (C=O) groups excluding carboxylic acids is 5. The number of hydrogen-bond donors (Lipinski definition) is 3. The zero-order chi connectivity index (χ0) is 29.5. The van der Waals surface area contributed by atoms with Crippen LogP contribution in [0.1, 0.15) is 83.6 Å². The van der Waals surface area contributed by atoms with Crippen LogP contribution in [0.2, 0.25) is 0 Å². The van der Waals surface area contributed by atoms with Gasteiger partial charge >= 0.3 is 5.97 Å². The number of rotatable bonds is 3. The molecule has 0 aromatic heterocycles. The number of hydrogen-bond acceptors (Lipinski definition) is 8. The number of aryl methyl sites for hydroxylation is 1. The van der Waals surface area contributed by atoms with E-state index in [-0.39, 0.29) is 40.2 Å². The molecule has 3 N–H and O–H groups in total. The third-order valence-electron chi connectivity index (χ3n) is 7.63. The quantitative estimate of drug-likeness (QED) is 0.382. The molecule has 40 heavy (non-hydrogen) atoms. The van der Waals surface area contributed by atoms with E-state index in [1.807, 2.05) is 6.92 Å². The second kappa shape index (κ2) is 10.8. The van der Waals surface area contributed by atoms with E-state index in [1.54, 1.807) is 26.0 Å². The van der Waals surface area contributed by atoms with Gasteiger partial charge in [-0.15, -0.1) is 0 Å². The summed E-state index contributed by atoms with van der Waals surface area (Å²) >= 11 is 0. The van der Waals surface area contributed by atoms with Crippen molar-refractivity contribution in [2.24, 2.45) is 11.3 Å². The van der Waals surface area contributed by atoms with Gasteiger partial charge in [0.1, 0.15) is 23.4 Å². The van der Waals surface area contributed by atoms with Gasteiger partial charge in [-0.3, -0.25) is 24.0 Å². The number of benzene rings is 1. The van der Waals surface area contributed by atoms with Crippen LogP contribution in [0.4, 0.5) is 0 Å². The van der Waals surface area contributed by atoms with Crippen molar-refractivity contribution in [2.45, 2.75) is 66.1 Å². The summed E-state index contributed by atoms with van der Waals surface area (Å²) in [6, 6.07) is 1.30. The van der Waals surface area contributed by atoms with Gasteiger partial charge in [0.25, 0.3) is 0 Å². The molecule has 1 aromatic rings. The van der Waals surface area contributed by atoms with Crippen molar-refractivity contribution >= 4 is 29.2 Å². The number of ketones is 3. The van der Waals surface area contributed by atoms with Crippen molar-refractivity contribution in [1.29, 1.82) is 0 Å². The zero-order valence-corrected chi connectivity index (χ0v) is 23.2. The Hall–Kier alpha value is -4.11. The van der Waals surface area contributed by atoms with Crippen molar-refractivity contribution in [3.8, 4) is 5.75 Å². The first kappa shape index (κ1) is 28.9. The number of aliphatic hydroxyl groups excluding tert-OH is 1. The summed E-state index contributed by atoms with van der Waals surface area (Å²) in [7, 11) is 0. The van der Waals surface area contributed by atoms with E-state index in [9.17, 15) is 34.2 Å². The molecule has 0 saturated carbocycles. The number of aliphatic hydroxyl groups is 1. The number of carbonyl (C=O) groups is 5. The van der Waals surface area contributed by atoms with E-state index in [2.05, 4.69) is 5.32 Å². The van der Waals surface area contributed by atoms with Crippen LogP contribution < -0.4 is 5.32 Å². The molecule has 3 aliphatic rings. The molecule has 2 heterocycles. The Morgan fingerprint density at radius 1 is 1.15 bits per heavy atom. The number of aromatic hydroxyl groups is 1. The second-order valence-corrected chi connectivity index (χ2v) is 10.9. The summed E-state index contributed by atoms with van der Waals surface area (Å²) in [6.07, 6.45) is 5.63. The lowest BCUT2D eigenvalue weighted by Crippen LogP contribution is -2.42. The van der Waals surface area contributed by atoms with E-state index in [0.717, 1.165) is 11.6 Å². The van der Waals surface area contributed by atoms with E-state index >= 15 is 0 Å².